The second kappa shape index (κ2) is 5.09. The Kier molecular flexibility index (Phi) is 3.56. The molecule has 2 unspecified atom stereocenters. The molecule has 1 aliphatic carbocycles. The zero-order valence-electron chi connectivity index (χ0n) is 11.1. The molecule has 6 heteroatoms. The second-order valence-corrected chi connectivity index (χ2v) is 7.59. The maximum Gasteiger partial charge on any atom is 0.243 e. The topological polar surface area (TPSA) is 57.6 Å². The molecule has 1 N–H and O–H groups in total. The van der Waals surface area contributed by atoms with Crippen LogP contribution in [0.4, 0.5) is 4.39 Å². The third kappa shape index (κ3) is 2.25. The van der Waals surface area contributed by atoms with E-state index >= 15 is 0 Å². The van der Waals surface area contributed by atoms with Crippen molar-refractivity contribution in [2.24, 2.45) is 11.8 Å². The maximum atomic E-state index is 13.4. The van der Waals surface area contributed by atoms with Crippen LogP contribution in [0.25, 0.3) is 0 Å². The van der Waals surface area contributed by atoms with Gasteiger partial charge >= 0.3 is 0 Å². The molecule has 20 heavy (non-hydrogen) atoms. The van der Waals surface area contributed by atoms with E-state index in [1.165, 1.54) is 22.9 Å². The van der Waals surface area contributed by atoms with Crippen LogP contribution in [-0.4, -0.2) is 30.9 Å². The number of nitrogens with zero attached hydrogens (tertiary/aromatic N) is 1. The molecule has 2 atom stereocenters. The standard InChI is InChI=1S/C14H18FNO3S/c15-13-5-4-12(9-17)14(6-13)20(18,19)16-7-10-2-1-3-11(10)8-16/h4-6,10-11,17H,1-3,7-9H2. The Morgan fingerprint density at radius 2 is 1.90 bits per heavy atom. The smallest absolute Gasteiger partial charge is 0.243 e. The molecule has 1 aromatic rings. The first kappa shape index (κ1) is 14.0. The zero-order chi connectivity index (χ0) is 14.3. The molecule has 0 spiro atoms. The van der Waals surface area contributed by atoms with E-state index in [2.05, 4.69) is 0 Å². The summed E-state index contributed by atoms with van der Waals surface area (Å²) in [5, 5.41) is 9.27. The first-order chi connectivity index (χ1) is 9.52. The maximum absolute atomic E-state index is 13.4. The van der Waals surface area contributed by atoms with Crippen LogP contribution in [-0.2, 0) is 16.6 Å². The lowest BCUT2D eigenvalue weighted by molar-refractivity contribution is 0.278. The minimum atomic E-state index is -3.71. The van der Waals surface area contributed by atoms with E-state index in [9.17, 15) is 17.9 Å². The van der Waals surface area contributed by atoms with Crippen molar-refractivity contribution in [2.75, 3.05) is 13.1 Å². The van der Waals surface area contributed by atoms with Gasteiger partial charge in [0.05, 0.1) is 11.5 Å². The number of fused-ring (bicyclic) bond motifs is 1. The van der Waals surface area contributed by atoms with Crippen LogP contribution in [0.5, 0.6) is 0 Å². The van der Waals surface area contributed by atoms with Crippen LogP contribution in [0.2, 0.25) is 0 Å². The Labute approximate surface area is 118 Å². The van der Waals surface area contributed by atoms with E-state index in [1.807, 2.05) is 0 Å². The molecule has 1 saturated carbocycles. The average molecular weight is 299 g/mol. The number of hydrogen-bond donors (Lipinski definition) is 1. The van der Waals surface area contributed by atoms with Gasteiger partial charge in [0.25, 0.3) is 0 Å². The predicted molar refractivity (Wildman–Crippen MR) is 71.9 cm³/mol. The molecule has 0 bridgehead atoms. The molecule has 2 fully saturated rings. The quantitative estimate of drug-likeness (QED) is 0.925. The Morgan fingerprint density at radius 3 is 2.50 bits per heavy atom. The Balaban J connectivity index is 1.94. The van der Waals surface area contributed by atoms with Gasteiger partial charge in [-0.05, 0) is 42.4 Å². The van der Waals surface area contributed by atoms with E-state index in [0.29, 0.717) is 24.9 Å². The normalized spacial score (nSPS) is 26.9. The largest absolute Gasteiger partial charge is 0.392 e. The van der Waals surface area contributed by atoms with Crippen molar-refractivity contribution in [1.82, 2.24) is 4.31 Å². The Bertz CT molecular complexity index is 605. The van der Waals surface area contributed by atoms with Crippen LogP contribution in [0.15, 0.2) is 23.1 Å². The van der Waals surface area contributed by atoms with Crippen LogP contribution >= 0.6 is 0 Å². The van der Waals surface area contributed by atoms with E-state index in [0.717, 1.165) is 18.9 Å². The van der Waals surface area contributed by atoms with Gasteiger partial charge < -0.3 is 5.11 Å². The van der Waals surface area contributed by atoms with Crippen LogP contribution in [0, 0.1) is 17.7 Å². The third-order valence-corrected chi connectivity index (χ3v) is 6.42. The summed E-state index contributed by atoms with van der Waals surface area (Å²) < 4.78 is 40.1. The average Bonchev–Trinajstić information content (AvgIpc) is 2.99. The first-order valence-corrected chi connectivity index (χ1v) is 8.36. The molecule has 1 aromatic carbocycles. The molecular weight excluding hydrogens is 281 g/mol. The zero-order valence-corrected chi connectivity index (χ0v) is 11.9. The van der Waals surface area contributed by atoms with E-state index < -0.39 is 22.4 Å². The van der Waals surface area contributed by atoms with E-state index in [-0.39, 0.29) is 10.5 Å². The fourth-order valence-electron chi connectivity index (χ4n) is 3.43. The van der Waals surface area contributed by atoms with Gasteiger partial charge in [0, 0.05) is 13.1 Å². The molecule has 0 amide bonds. The van der Waals surface area contributed by atoms with Gasteiger partial charge in [0.2, 0.25) is 10.0 Å². The number of hydrogen-bond acceptors (Lipinski definition) is 3. The molecular formula is C14H18FNO3S. The van der Waals surface area contributed by atoms with Crippen molar-refractivity contribution >= 4 is 10.0 Å². The molecule has 0 radical (unpaired) electrons. The number of benzene rings is 1. The summed E-state index contributed by atoms with van der Waals surface area (Å²) in [5.74, 6) is 0.284. The molecule has 1 heterocycles. The van der Waals surface area contributed by atoms with Gasteiger partial charge in [-0.15, -0.1) is 0 Å². The highest BCUT2D eigenvalue weighted by Crippen LogP contribution is 2.40. The fraction of sp³-hybridized carbons (Fsp3) is 0.571. The van der Waals surface area contributed by atoms with Crippen molar-refractivity contribution in [3.05, 3.63) is 29.6 Å². The lowest BCUT2D eigenvalue weighted by Crippen LogP contribution is -2.30. The van der Waals surface area contributed by atoms with Crippen molar-refractivity contribution in [3.63, 3.8) is 0 Å². The van der Waals surface area contributed by atoms with Gasteiger partial charge in [-0.25, -0.2) is 12.8 Å². The first-order valence-electron chi connectivity index (χ1n) is 6.92. The molecule has 2 aliphatic rings. The Hall–Kier alpha value is -0.980. The predicted octanol–water partition coefficient (Wildman–Crippen LogP) is 1.74. The van der Waals surface area contributed by atoms with E-state index in [1.54, 1.807) is 0 Å². The lowest BCUT2D eigenvalue weighted by Gasteiger charge is -2.19. The van der Waals surface area contributed by atoms with Crippen molar-refractivity contribution in [1.29, 1.82) is 0 Å². The van der Waals surface area contributed by atoms with Crippen molar-refractivity contribution in [2.45, 2.75) is 30.8 Å². The van der Waals surface area contributed by atoms with Crippen LogP contribution < -0.4 is 0 Å². The lowest BCUT2D eigenvalue weighted by atomic mass is 10.0. The highest BCUT2D eigenvalue weighted by molar-refractivity contribution is 7.89. The van der Waals surface area contributed by atoms with Crippen LogP contribution in [0.1, 0.15) is 24.8 Å². The summed E-state index contributed by atoms with van der Waals surface area (Å²) in [5.41, 5.74) is 0.253. The molecule has 1 aliphatic heterocycles. The van der Waals surface area contributed by atoms with Gasteiger partial charge in [0.15, 0.2) is 0 Å². The number of rotatable bonds is 3. The highest BCUT2D eigenvalue weighted by atomic mass is 32.2. The molecule has 1 saturated heterocycles. The van der Waals surface area contributed by atoms with Gasteiger partial charge in [-0.3, -0.25) is 0 Å². The molecule has 110 valence electrons. The van der Waals surface area contributed by atoms with Crippen molar-refractivity contribution < 1.29 is 17.9 Å². The van der Waals surface area contributed by atoms with E-state index in [4.69, 9.17) is 0 Å². The molecule has 4 nitrogen and oxygen atoms in total. The van der Waals surface area contributed by atoms with Gasteiger partial charge in [-0.1, -0.05) is 12.5 Å². The molecule has 3 rings (SSSR count). The second-order valence-electron chi connectivity index (χ2n) is 5.68. The fourth-order valence-corrected chi connectivity index (χ4v) is 5.21. The number of aliphatic hydroxyl groups is 1. The summed E-state index contributed by atoms with van der Waals surface area (Å²) in [7, 11) is -3.71. The Morgan fingerprint density at radius 1 is 1.25 bits per heavy atom. The van der Waals surface area contributed by atoms with Crippen molar-refractivity contribution in [3.8, 4) is 0 Å². The monoisotopic (exact) mass is 299 g/mol. The summed E-state index contributed by atoms with van der Waals surface area (Å²) >= 11 is 0. The number of aliphatic hydroxyl groups excluding tert-OH is 1. The van der Waals surface area contributed by atoms with Gasteiger partial charge in [0.1, 0.15) is 5.82 Å². The minimum Gasteiger partial charge on any atom is -0.392 e. The summed E-state index contributed by atoms with van der Waals surface area (Å²) in [6.07, 6.45) is 3.32. The minimum absolute atomic E-state index is 0.0972. The summed E-state index contributed by atoms with van der Waals surface area (Å²) in [6, 6.07) is 3.51. The van der Waals surface area contributed by atoms with Crippen LogP contribution in [0.3, 0.4) is 0 Å². The summed E-state index contributed by atoms with van der Waals surface area (Å²) in [6.45, 7) is 0.637. The summed E-state index contributed by atoms with van der Waals surface area (Å²) in [4.78, 5) is -0.0972. The molecule has 0 aromatic heterocycles. The highest BCUT2D eigenvalue weighted by Gasteiger charge is 2.41. The van der Waals surface area contributed by atoms with Gasteiger partial charge in [-0.2, -0.15) is 4.31 Å². The SMILES string of the molecule is O=S(=O)(c1cc(F)ccc1CO)N1CC2CCCC2C1. The third-order valence-electron chi connectivity index (χ3n) is 4.51. The number of halogens is 1. The number of sulfonamides is 1.